The van der Waals surface area contributed by atoms with Gasteiger partial charge >= 0.3 is 5.97 Å². The normalized spacial score (nSPS) is 17.8. The van der Waals surface area contributed by atoms with E-state index in [1.165, 1.54) is 0 Å². The van der Waals surface area contributed by atoms with Crippen LogP contribution in [-0.4, -0.2) is 29.1 Å². The van der Waals surface area contributed by atoms with Gasteiger partial charge in [0.15, 0.2) is 0 Å². The van der Waals surface area contributed by atoms with Crippen molar-refractivity contribution in [2.75, 3.05) is 13.1 Å². The Morgan fingerprint density at radius 2 is 2.22 bits per heavy atom. The summed E-state index contributed by atoms with van der Waals surface area (Å²) in [6.07, 6.45) is 0. The summed E-state index contributed by atoms with van der Waals surface area (Å²) in [6, 6.07) is 9.72. The zero-order valence-corrected chi connectivity index (χ0v) is 10.3. The summed E-state index contributed by atoms with van der Waals surface area (Å²) in [6.45, 7) is 4.08. The van der Waals surface area contributed by atoms with E-state index in [9.17, 15) is 4.79 Å². The first-order valence-corrected chi connectivity index (χ1v) is 6.05. The van der Waals surface area contributed by atoms with Gasteiger partial charge in [0.25, 0.3) is 0 Å². The molecule has 1 heterocycles. The maximum atomic E-state index is 10.8. The van der Waals surface area contributed by atoms with Gasteiger partial charge in [-0.15, -0.1) is 0 Å². The van der Waals surface area contributed by atoms with Gasteiger partial charge in [-0.2, -0.15) is 5.26 Å². The number of benzene rings is 1. The average molecular weight is 244 g/mol. The summed E-state index contributed by atoms with van der Waals surface area (Å²) in [4.78, 5) is 13.0. The van der Waals surface area contributed by atoms with Gasteiger partial charge in [-0.3, -0.25) is 9.69 Å². The molecule has 0 radical (unpaired) electrons. The molecule has 4 nitrogen and oxygen atoms in total. The first-order chi connectivity index (χ1) is 8.61. The minimum Gasteiger partial charge on any atom is -0.481 e. The molecule has 1 aliphatic rings. The molecule has 0 amide bonds. The van der Waals surface area contributed by atoms with Crippen LogP contribution in [0.2, 0.25) is 0 Å². The smallest absolute Gasteiger partial charge is 0.306 e. The quantitative estimate of drug-likeness (QED) is 0.875. The highest BCUT2D eigenvalue weighted by Gasteiger charge is 2.34. The molecule has 18 heavy (non-hydrogen) atoms. The van der Waals surface area contributed by atoms with E-state index in [0.29, 0.717) is 5.56 Å². The Labute approximate surface area is 106 Å². The van der Waals surface area contributed by atoms with E-state index in [2.05, 4.69) is 11.0 Å². The Bertz CT molecular complexity index is 487. The van der Waals surface area contributed by atoms with E-state index in [0.717, 1.165) is 25.2 Å². The number of carbonyl (C=O) groups is 1. The molecule has 0 aromatic heterocycles. The lowest BCUT2D eigenvalue weighted by molar-refractivity contribution is -0.145. The number of aliphatic carboxylic acids is 1. The van der Waals surface area contributed by atoms with Gasteiger partial charge < -0.3 is 5.11 Å². The summed E-state index contributed by atoms with van der Waals surface area (Å²) in [5, 5.41) is 17.9. The van der Waals surface area contributed by atoms with E-state index in [1.807, 2.05) is 24.3 Å². The molecule has 1 aromatic rings. The third kappa shape index (κ3) is 2.52. The fraction of sp³-hybridized carbons (Fsp3) is 0.429. The SMILES string of the molecule is CC(C(=O)O)C1CN(Cc2ccccc2C#N)C1. The molecular weight excluding hydrogens is 228 g/mol. The third-order valence-electron chi connectivity index (χ3n) is 3.61. The van der Waals surface area contributed by atoms with Crippen LogP contribution in [0.1, 0.15) is 18.1 Å². The van der Waals surface area contributed by atoms with E-state index in [4.69, 9.17) is 10.4 Å². The predicted molar refractivity (Wildman–Crippen MR) is 66.7 cm³/mol. The first kappa shape index (κ1) is 12.6. The Morgan fingerprint density at radius 1 is 1.56 bits per heavy atom. The van der Waals surface area contributed by atoms with Crippen molar-refractivity contribution in [3.05, 3.63) is 35.4 Å². The molecule has 0 saturated carbocycles. The van der Waals surface area contributed by atoms with Gasteiger partial charge in [0.05, 0.1) is 17.6 Å². The molecule has 1 unspecified atom stereocenters. The van der Waals surface area contributed by atoms with E-state index < -0.39 is 5.97 Å². The average Bonchev–Trinajstić information content (AvgIpc) is 2.32. The maximum Gasteiger partial charge on any atom is 0.306 e. The topological polar surface area (TPSA) is 64.3 Å². The van der Waals surface area contributed by atoms with Gasteiger partial charge in [0.1, 0.15) is 0 Å². The standard InChI is InChI=1S/C14H16N2O2/c1-10(14(17)18)13-8-16(9-13)7-12-5-3-2-4-11(12)6-15/h2-5,10,13H,7-9H2,1H3,(H,17,18). The van der Waals surface area contributed by atoms with Crippen LogP contribution in [0.15, 0.2) is 24.3 Å². The van der Waals surface area contributed by atoms with Crippen molar-refractivity contribution in [1.29, 1.82) is 5.26 Å². The number of rotatable bonds is 4. The largest absolute Gasteiger partial charge is 0.481 e. The summed E-state index contributed by atoms with van der Waals surface area (Å²) < 4.78 is 0. The summed E-state index contributed by atoms with van der Waals surface area (Å²) in [5.74, 6) is -0.777. The second-order valence-electron chi connectivity index (χ2n) is 4.85. The minimum absolute atomic E-state index is 0.233. The van der Waals surface area contributed by atoms with Crippen LogP contribution in [-0.2, 0) is 11.3 Å². The third-order valence-corrected chi connectivity index (χ3v) is 3.61. The van der Waals surface area contributed by atoms with Crippen LogP contribution in [0.3, 0.4) is 0 Å². The molecular formula is C14H16N2O2. The lowest BCUT2D eigenvalue weighted by Crippen LogP contribution is -2.50. The van der Waals surface area contributed by atoms with Crippen LogP contribution >= 0.6 is 0 Å². The van der Waals surface area contributed by atoms with Crippen molar-refractivity contribution in [2.24, 2.45) is 11.8 Å². The summed E-state index contributed by atoms with van der Waals surface area (Å²) >= 11 is 0. The molecule has 1 N–H and O–H groups in total. The lowest BCUT2D eigenvalue weighted by Gasteiger charge is -2.41. The number of hydrogen-bond donors (Lipinski definition) is 1. The number of nitriles is 1. The van der Waals surface area contributed by atoms with Gasteiger partial charge in [-0.05, 0) is 17.5 Å². The number of carboxylic acids is 1. The number of carboxylic acid groups (broad SMARTS) is 1. The molecule has 0 bridgehead atoms. The highest BCUT2D eigenvalue weighted by atomic mass is 16.4. The molecule has 1 aliphatic heterocycles. The molecule has 1 aromatic carbocycles. The summed E-state index contributed by atoms with van der Waals surface area (Å²) in [7, 11) is 0. The fourth-order valence-corrected chi connectivity index (χ4v) is 2.26. The lowest BCUT2D eigenvalue weighted by atomic mass is 9.86. The van der Waals surface area contributed by atoms with Crippen LogP contribution in [0.4, 0.5) is 0 Å². The van der Waals surface area contributed by atoms with Gasteiger partial charge in [0, 0.05) is 19.6 Å². The van der Waals surface area contributed by atoms with Gasteiger partial charge in [-0.25, -0.2) is 0 Å². The van der Waals surface area contributed by atoms with E-state index in [-0.39, 0.29) is 11.8 Å². The minimum atomic E-state index is -0.725. The number of hydrogen-bond acceptors (Lipinski definition) is 3. The summed E-state index contributed by atoms with van der Waals surface area (Å²) in [5.41, 5.74) is 1.72. The molecule has 1 saturated heterocycles. The van der Waals surface area contributed by atoms with Gasteiger partial charge in [0.2, 0.25) is 0 Å². The second kappa shape index (κ2) is 5.19. The van der Waals surface area contributed by atoms with Crippen LogP contribution in [0.5, 0.6) is 0 Å². The van der Waals surface area contributed by atoms with Crippen LogP contribution in [0, 0.1) is 23.2 Å². The second-order valence-corrected chi connectivity index (χ2v) is 4.85. The van der Waals surface area contributed by atoms with Crippen molar-refractivity contribution >= 4 is 5.97 Å². The van der Waals surface area contributed by atoms with E-state index in [1.54, 1.807) is 6.92 Å². The molecule has 1 fully saturated rings. The Hall–Kier alpha value is -1.86. The Kier molecular flexibility index (Phi) is 3.63. The van der Waals surface area contributed by atoms with Crippen LogP contribution < -0.4 is 0 Å². The number of likely N-dealkylation sites (tertiary alicyclic amines) is 1. The van der Waals surface area contributed by atoms with Crippen molar-refractivity contribution in [1.82, 2.24) is 4.90 Å². The van der Waals surface area contributed by atoms with Crippen molar-refractivity contribution in [3.8, 4) is 6.07 Å². The van der Waals surface area contributed by atoms with Crippen LogP contribution in [0.25, 0.3) is 0 Å². The zero-order valence-electron chi connectivity index (χ0n) is 10.3. The van der Waals surface area contributed by atoms with Crippen molar-refractivity contribution < 1.29 is 9.90 Å². The zero-order chi connectivity index (χ0) is 13.1. The molecule has 0 spiro atoms. The van der Waals surface area contributed by atoms with Gasteiger partial charge in [-0.1, -0.05) is 25.1 Å². The maximum absolute atomic E-state index is 10.8. The first-order valence-electron chi connectivity index (χ1n) is 6.05. The Balaban J connectivity index is 1.91. The molecule has 1 atom stereocenters. The van der Waals surface area contributed by atoms with Crippen molar-refractivity contribution in [2.45, 2.75) is 13.5 Å². The van der Waals surface area contributed by atoms with Crippen molar-refractivity contribution in [3.63, 3.8) is 0 Å². The molecule has 0 aliphatic carbocycles. The molecule has 2 rings (SSSR count). The molecule has 94 valence electrons. The number of nitrogens with zero attached hydrogens (tertiary/aromatic N) is 2. The predicted octanol–water partition coefficient (Wildman–Crippen LogP) is 1.71. The molecule has 4 heteroatoms. The highest BCUT2D eigenvalue weighted by molar-refractivity contribution is 5.70. The highest BCUT2D eigenvalue weighted by Crippen LogP contribution is 2.26. The monoisotopic (exact) mass is 244 g/mol. The van der Waals surface area contributed by atoms with E-state index >= 15 is 0 Å². The fourth-order valence-electron chi connectivity index (χ4n) is 2.26. The Morgan fingerprint density at radius 3 is 2.83 bits per heavy atom.